The smallest absolute Gasteiger partial charge is 0.288 e. The van der Waals surface area contributed by atoms with Crippen LogP contribution in [0.1, 0.15) is 20.7 Å². The number of nitrogens with zero attached hydrogens (tertiary/aromatic N) is 1. The summed E-state index contributed by atoms with van der Waals surface area (Å²) in [7, 11) is 0. The van der Waals surface area contributed by atoms with Crippen LogP contribution >= 0.6 is 11.6 Å². The van der Waals surface area contributed by atoms with Crippen LogP contribution in [0, 0.1) is 10.1 Å². The summed E-state index contributed by atoms with van der Waals surface area (Å²) < 4.78 is 0. The van der Waals surface area contributed by atoms with Gasteiger partial charge < -0.3 is 10.6 Å². The van der Waals surface area contributed by atoms with Crippen molar-refractivity contribution in [2.45, 2.75) is 0 Å². The molecule has 3 rings (SSSR count). The number of nitrogens with one attached hydrogen (secondary N) is 2. The van der Waals surface area contributed by atoms with E-state index in [-0.39, 0.29) is 22.2 Å². The van der Waals surface area contributed by atoms with Gasteiger partial charge in [-0.15, -0.1) is 0 Å². The molecule has 0 aromatic heterocycles. The van der Waals surface area contributed by atoms with Crippen molar-refractivity contribution in [3.8, 4) is 0 Å². The summed E-state index contributed by atoms with van der Waals surface area (Å²) in [5, 5.41) is 16.3. The normalized spacial score (nSPS) is 10.2. The Bertz CT molecular complexity index is 1040. The lowest BCUT2D eigenvalue weighted by Crippen LogP contribution is -2.13. The van der Waals surface area contributed by atoms with Crippen molar-refractivity contribution in [1.29, 1.82) is 0 Å². The van der Waals surface area contributed by atoms with E-state index in [1.165, 1.54) is 12.1 Å². The maximum Gasteiger partial charge on any atom is 0.288 e. The summed E-state index contributed by atoms with van der Waals surface area (Å²) in [6.45, 7) is 0. The Labute approximate surface area is 165 Å². The van der Waals surface area contributed by atoms with E-state index in [0.717, 1.165) is 6.07 Å². The zero-order chi connectivity index (χ0) is 20.1. The number of amides is 2. The molecular formula is C20H14ClN3O4. The lowest BCUT2D eigenvalue weighted by molar-refractivity contribution is -0.384. The highest BCUT2D eigenvalue weighted by Crippen LogP contribution is 2.25. The molecule has 0 radical (unpaired) electrons. The number of hydrogen-bond acceptors (Lipinski definition) is 4. The van der Waals surface area contributed by atoms with Crippen LogP contribution in [0.3, 0.4) is 0 Å². The molecule has 7 nitrogen and oxygen atoms in total. The van der Waals surface area contributed by atoms with Crippen molar-refractivity contribution in [1.82, 2.24) is 0 Å². The quantitative estimate of drug-likeness (QED) is 0.480. The van der Waals surface area contributed by atoms with Gasteiger partial charge in [-0.2, -0.15) is 0 Å². The van der Waals surface area contributed by atoms with Crippen molar-refractivity contribution in [3.63, 3.8) is 0 Å². The third-order valence-corrected chi connectivity index (χ3v) is 4.16. The lowest BCUT2D eigenvalue weighted by Gasteiger charge is -2.08. The van der Waals surface area contributed by atoms with Gasteiger partial charge in [0.25, 0.3) is 17.5 Å². The molecule has 0 aliphatic carbocycles. The number of hydrogen-bond donors (Lipinski definition) is 2. The number of nitro benzene ring substituents is 1. The van der Waals surface area contributed by atoms with E-state index in [1.807, 2.05) is 6.07 Å². The van der Waals surface area contributed by atoms with E-state index < -0.39 is 10.8 Å². The van der Waals surface area contributed by atoms with Gasteiger partial charge in [-0.3, -0.25) is 19.7 Å². The second kappa shape index (κ2) is 8.32. The Hall–Kier alpha value is -3.71. The molecule has 0 aliphatic heterocycles. The van der Waals surface area contributed by atoms with Gasteiger partial charge in [-0.1, -0.05) is 29.8 Å². The standard InChI is InChI=1S/C20H14ClN3O4/c21-17-11-6-14(12-18(17)24(27)28)20(26)23-16-9-7-15(8-10-16)22-19(25)13-4-2-1-3-5-13/h1-12H,(H,22,25)(H,23,26). The van der Waals surface area contributed by atoms with Gasteiger partial charge >= 0.3 is 0 Å². The molecule has 0 aliphatic rings. The molecule has 2 amide bonds. The number of benzene rings is 3. The fourth-order valence-corrected chi connectivity index (χ4v) is 2.61. The molecular weight excluding hydrogens is 382 g/mol. The van der Waals surface area contributed by atoms with Crippen LogP contribution in [0.5, 0.6) is 0 Å². The van der Waals surface area contributed by atoms with Crippen molar-refractivity contribution in [2.24, 2.45) is 0 Å². The summed E-state index contributed by atoms with van der Waals surface area (Å²) in [6.07, 6.45) is 0. The molecule has 0 unspecified atom stereocenters. The van der Waals surface area contributed by atoms with Crippen LogP contribution in [-0.4, -0.2) is 16.7 Å². The van der Waals surface area contributed by atoms with Gasteiger partial charge in [-0.25, -0.2) is 0 Å². The molecule has 0 bridgehead atoms. The van der Waals surface area contributed by atoms with E-state index >= 15 is 0 Å². The highest BCUT2D eigenvalue weighted by atomic mass is 35.5. The monoisotopic (exact) mass is 395 g/mol. The maximum atomic E-state index is 12.3. The number of rotatable bonds is 5. The molecule has 0 fully saturated rings. The minimum absolute atomic E-state index is 0.0416. The first-order valence-electron chi connectivity index (χ1n) is 8.16. The Morgan fingerprint density at radius 3 is 1.86 bits per heavy atom. The molecule has 0 saturated carbocycles. The number of anilines is 2. The molecule has 0 atom stereocenters. The van der Waals surface area contributed by atoms with Crippen LogP contribution in [0.2, 0.25) is 5.02 Å². The van der Waals surface area contributed by atoms with Gasteiger partial charge in [-0.05, 0) is 48.5 Å². The Morgan fingerprint density at radius 1 is 0.786 bits per heavy atom. The first-order chi connectivity index (χ1) is 13.4. The topological polar surface area (TPSA) is 101 Å². The second-order valence-electron chi connectivity index (χ2n) is 5.77. The molecule has 3 aromatic carbocycles. The van der Waals surface area contributed by atoms with Gasteiger partial charge in [0.2, 0.25) is 0 Å². The minimum Gasteiger partial charge on any atom is -0.322 e. The van der Waals surface area contributed by atoms with Crippen molar-refractivity contribution in [3.05, 3.63) is 99.1 Å². The number of carbonyl (C=O) groups excluding carboxylic acids is 2. The molecule has 140 valence electrons. The fraction of sp³-hybridized carbons (Fsp3) is 0. The first kappa shape index (κ1) is 19.1. The Morgan fingerprint density at radius 2 is 1.32 bits per heavy atom. The van der Waals surface area contributed by atoms with Crippen LogP contribution in [0.4, 0.5) is 17.1 Å². The summed E-state index contributed by atoms with van der Waals surface area (Å²) in [5.74, 6) is -0.758. The highest BCUT2D eigenvalue weighted by Gasteiger charge is 2.16. The van der Waals surface area contributed by atoms with Gasteiger partial charge in [0.05, 0.1) is 4.92 Å². The van der Waals surface area contributed by atoms with Crippen LogP contribution in [0.15, 0.2) is 72.8 Å². The first-order valence-corrected chi connectivity index (χ1v) is 8.53. The summed E-state index contributed by atoms with van der Waals surface area (Å²) in [4.78, 5) is 34.7. The summed E-state index contributed by atoms with van der Waals surface area (Å²) in [5.41, 5.74) is 1.34. The zero-order valence-corrected chi connectivity index (χ0v) is 15.1. The Balaban J connectivity index is 1.67. The average molecular weight is 396 g/mol. The van der Waals surface area contributed by atoms with E-state index in [1.54, 1.807) is 48.5 Å². The fourth-order valence-electron chi connectivity index (χ4n) is 2.43. The predicted octanol–water partition coefficient (Wildman–Crippen LogP) is 4.75. The zero-order valence-electron chi connectivity index (χ0n) is 14.4. The minimum atomic E-state index is -0.649. The van der Waals surface area contributed by atoms with Gasteiger partial charge in [0.1, 0.15) is 5.02 Å². The van der Waals surface area contributed by atoms with Crippen molar-refractivity contribution in [2.75, 3.05) is 10.6 Å². The molecule has 0 heterocycles. The van der Waals surface area contributed by atoms with Crippen molar-refractivity contribution >= 4 is 40.5 Å². The molecule has 3 aromatic rings. The SMILES string of the molecule is O=C(Nc1ccc(NC(=O)c2ccc(Cl)c([N+](=O)[O-])c2)cc1)c1ccccc1. The van der Waals surface area contributed by atoms with Crippen LogP contribution in [-0.2, 0) is 0 Å². The molecule has 8 heteroatoms. The van der Waals surface area contributed by atoms with E-state index in [2.05, 4.69) is 10.6 Å². The van der Waals surface area contributed by atoms with Crippen LogP contribution in [0.25, 0.3) is 0 Å². The average Bonchev–Trinajstić information content (AvgIpc) is 2.70. The summed E-state index contributed by atoms with van der Waals surface area (Å²) >= 11 is 5.75. The van der Waals surface area contributed by atoms with E-state index in [0.29, 0.717) is 16.9 Å². The van der Waals surface area contributed by atoms with E-state index in [9.17, 15) is 19.7 Å². The third-order valence-electron chi connectivity index (χ3n) is 3.84. The maximum absolute atomic E-state index is 12.3. The third kappa shape index (κ3) is 4.52. The second-order valence-corrected chi connectivity index (χ2v) is 6.18. The highest BCUT2D eigenvalue weighted by molar-refractivity contribution is 6.32. The number of nitro groups is 1. The van der Waals surface area contributed by atoms with Gasteiger partial charge in [0, 0.05) is 28.6 Å². The molecule has 0 spiro atoms. The van der Waals surface area contributed by atoms with Crippen LogP contribution < -0.4 is 10.6 Å². The molecule has 0 saturated heterocycles. The van der Waals surface area contributed by atoms with Gasteiger partial charge in [0.15, 0.2) is 0 Å². The molecule has 28 heavy (non-hydrogen) atoms. The Kier molecular flexibility index (Phi) is 5.67. The number of halogens is 1. The number of carbonyl (C=O) groups is 2. The van der Waals surface area contributed by atoms with Crippen molar-refractivity contribution < 1.29 is 14.5 Å². The van der Waals surface area contributed by atoms with E-state index in [4.69, 9.17) is 11.6 Å². The molecule has 2 N–H and O–H groups in total. The summed E-state index contributed by atoms with van der Waals surface area (Å²) in [6, 6.07) is 19.1. The largest absolute Gasteiger partial charge is 0.322 e. The lowest BCUT2D eigenvalue weighted by atomic mass is 10.1. The predicted molar refractivity (Wildman–Crippen MR) is 107 cm³/mol.